The molecule has 0 spiro atoms. The largest absolute Gasteiger partial charge is 0.339 e. The summed E-state index contributed by atoms with van der Waals surface area (Å²) in [7, 11) is 0. The molecule has 0 fully saturated rings. The van der Waals surface area contributed by atoms with Gasteiger partial charge in [0.1, 0.15) is 0 Å². The van der Waals surface area contributed by atoms with Gasteiger partial charge in [-0.2, -0.15) is 20.4 Å². The van der Waals surface area contributed by atoms with E-state index in [1.807, 2.05) is 0 Å². The predicted octanol–water partition coefficient (Wildman–Crippen LogP) is 0.785. The number of nitrogens with zero attached hydrogens (tertiary/aromatic N) is 4. The minimum atomic E-state index is 0.320. The zero-order valence-electron chi connectivity index (χ0n) is 9.97. The van der Waals surface area contributed by atoms with Crippen LogP contribution < -0.4 is 5.32 Å². The van der Waals surface area contributed by atoms with E-state index in [0.717, 1.165) is 13.0 Å². The van der Waals surface area contributed by atoms with Crippen molar-refractivity contribution >= 4 is 0 Å². The minimum Gasteiger partial charge on any atom is -0.339 e. The van der Waals surface area contributed by atoms with Gasteiger partial charge in [-0.25, -0.2) is 0 Å². The fourth-order valence-corrected chi connectivity index (χ4v) is 1.48. The molecule has 2 heterocycles. The van der Waals surface area contributed by atoms with Gasteiger partial charge < -0.3 is 9.84 Å². The van der Waals surface area contributed by atoms with E-state index in [1.54, 1.807) is 6.20 Å². The second-order valence-corrected chi connectivity index (χ2v) is 3.93. The van der Waals surface area contributed by atoms with Gasteiger partial charge in [-0.15, -0.1) is 0 Å². The van der Waals surface area contributed by atoms with Crippen LogP contribution in [-0.4, -0.2) is 38.1 Å². The van der Waals surface area contributed by atoms with E-state index in [4.69, 9.17) is 4.52 Å². The molecule has 2 N–H and O–H groups in total. The van der Waals surface area contributed by atoms with Gasteiger partial charge in [0.2, 0.25) is 11.7 Å². The van der Waals surface area contributed by atoms with Crippen LogP contribution in [0.5, 0.6) is 0 Å². The van der Waals surface area contributed by atoms with Gasteiger partial charge >= 0.3 is 0 Å². The molecule has 17 heavy (non-hydrogen) atoms. The first-order valence-corrected chi connectivity index (χ1v) is 5.71. The van der Waals surface area contributed by atoms with Crippen LogP contribution in [0.4, 0.5) is 0 Å². The lowest BCUT2D eigenvalue weighted by atomic mass is 10.2. The van der Waals surface area contributed by atoms with E-state index in [9.17, 15) is 0 Å². The van der Waals surface area contributed by atoms with E-state index in [2.05, 4.69) is 44.7 Å². The highest BCUT2D eigenvalue weighted by atomic mass is 16.5. The van der Waals surface area contributed by atoms with Crippen molar-refractivity contribution in [1.29, 1.82) is 0 Å². The summed E-state index contributed by atoms with van der Waals surface area (Å²) in [5, 5.41) is 17.3. The molecule has 0 aliphatic rings. The van der Waals surface area contributed by atoms with Crippen molar-refractivity contribution in [2.45, 2.75) is 32.7 Å². The Morgan fingerprint density at radius 2 is 2.41 bits per heavy atom. The van der Waals surface area contributed by atoms with E-state index in [0.29, 0.717) is 29.9 Å². The van der Waals surface area contributed by atoms with Crippen LogP contribution in [-0.2, 0) is 6.42 Å². The number of hydrogen-bond donors (Lipinski definition) is 2. The molecule has 0 bridgehead atoms. The van der Waals surface area contributed by atoms with Crippen LogP contribution in [0.1, 0.15) is 26.2 Å². The maximum absolute atomic E-state index is 5.16. The van der Waals surface area contributed by atoms with Crippen LogP contribution >= 0.6 is 0 Å². The lowest BCUT2D eigenvalue weighted by Crippen LogP contribution is -2.28. The van der Waals surface area contributed by atoms with Crippen LogP contribution in [0, 0.1) is 0 Å². The Bertz CT molecular complexity index is 437. The summed E-state index contributed by atoms with van der Waals surface area (Å²) in [5.74, 6) is 1.08. The normalized spacial score (nSPS) is 12.8. The number of H-pyrrole nitrogens is 1. The molecule has 0 aliphatic heterocycles. The van der Waals surface area contributed by atoms with Crippen LogP contribution in [0.25, 0.3) is 11.5 Å². The zero-order valence-corrected chi connectivity index (χ0v) is 9.97. The van der Waals surface area contributed by atoms with E-state index < -0.39 is 0 Å². The molecule has 7 heteroatoms. The Balaban J connectivity index is 1.94. The Kier molecular flexibility index (Phi) is 3.81. The van der Waals surface area contributed by atoms with Crippen LogP contribution in [0.15, 0.2) is 10.7 Å². The lowest BCUT2D eigenvalue weighted by molar-refractivity contribution is 0.362. The molecule has 1 atom stereocenters. The van der Waals surface area contributed by atoms with Gasteiger partial charge in [-0.1, -0.05) is 12.1 Å². The van der Waals surface area contributed by atoms with Crippen molar-refractivity contribution in [2.24, 2.45) is 0 Å². The minimum absolute atomic E-state index is 0.320. The standard InChI is InChI=1S/C10H16N6O/c1-3-4-11-7(2)5-9-13-10(15-17-9)8-6-12-16-14-8/h6-7,11H,3-5H2,1-2H3,(H,12,14,16). The van der Waals surface area contributed by atoms with E-state index >= 15 is 0 Å². The Morgan fingerprint density at radius 1 is 1.53 bits per heavy atom. The summed E-state index contributed by atoms with van der Waals surface area (Å²) in [5.41, 5.74) is 0.592. The van der Waals surface area contributed by atoms with E-state index in [-0.39, 0.29) is 0 Å². The molecule has 0 aliphatic carbocycles. The summed E-state index contributed by atoms with van der Waals surface area (Å²) >= 11 is 0. The third kappa shape index (κ3) is 3.10. The molecule has 2 aromatic rings. The van der Waals surface area contributed by atoms with Crippen LogP contribution in [0.2, 0.25) is 0 Å². The van der Waals surface area contributed by atoms with Gasteiger partial charge in [0, 0.05) is 12.5 Å². The number of aromatic nitrogens is 5. The van der Waals surface area contributed by atoms with E-state index in [1.165, 1.54) is 0 Å². The Morgan fingerprint density at radius 3 is 3.12 bits per heavy atom. The first-order chi connectivity index (χ1) is 8.29. The van der Waals surface area contributed by atoms with Crippen molar-refractivity contribution < 1.29 is 4.52 Å². The molecule has 0 radical (unpaired) electrons. The highest BCUT2D eigenvalue weighted by Gasteiger charge is 2.12. The molecule has 0 aromatic carbocycles. The Labute approximate surface area is 99.0 Å². The molecular formula is C10H16N6O. The molecule has 0 saturated heterocycles. The summed E-state index contributed by atoms with van der Waals surface area (Å²) in [4.78, 5) is 4.26. The predicted molar refractivity (Wildman–Crippen MR) is 61.1 cm³/mol. The van der Waals surface area contributed by atoms with Crippen LogP contribution in [0.3, 0.4) is 0 Å². The fraction of sp³-hybridized carbons (Fsp3) is 0.600. The summed E-state index contributed by atoms with van der Waals surface area (Å²) in [6, 6.07) is 0.320. The highest BCUT2D eigenvalue weighted by Crippen LogP contribution is 2.11. The second kappa shape index (κ2) is 5.53. The number of rotatable bonds is 6. The Hall–Kier alpha value is -1.76. The summed E-state index contributed by atoms with van der Waals surface area (Å²) < 4.78 is 5.16. The SMILES string of the molecule is CCCNC(C)Cc1nc(-c2cn[nH]n2)no1. The molecule has 1 unspecified atom stereocenters. The van der Waals surface area contributed by atoms with Crippen molar-refractivity contribution in [3.63, 3.8) is 0 Å². The van der Waals surface area contributed by atoms with Crippen molar-refractivity contribution in [2.75, 3.05) is 6.54 Å². The maximum atomic E-state index is 5.16. The third-order valence-electron chi connectivity index (χ3n) is 2.34. The molecule has 92 valence electrons. The van der Waals surface area contributed by atoms with Gasteiger partial charge in [-0.3, -0.25) is 0 Å². The number of aromatic amines is 1. The topological polar surface area (TPSA) is 92.5 Å². The molecule has 0 amide bonds. The zero-order chi connectivity index (χ0) is 12.1. The van der Waals surface area contributed by atoms with Gasteiger partial charge in [0.15, 0.2) is 5.69 Å². The van der Waals surface area contributed by atoms with Crippen molar-refractivity contribution in [3.05, 3.63) is 12.1 Å². The van der Waals surface area contributed by atoms with Gasteiger partial charge in [0.05, 0.1) is 6.20 Å². The van der Waals surface area contributed by atoms with Gasteiger partial charge in [-0.05, 0) is 19.9 Å². The fourth-order valence-electron chi connectivity index (χ4n) is 1.48. The lowest BCUT2D eigenvalue weighted by Gasteiger charge is -2.09. The quantitative estimate of drug-likeness (QED) is 0.770. The summed E-state index contributed by atoms with van der Waals surface area (Å²) in [6.07, 6.45) is 3.39. The monoisotopic (exact) mass is 236 g/mol. The molecule has 2 aromatic heterocycles. The third-order valence-corrected chi connectivity index (χ3v) is 2.34. The molecular weight excluding hydrogens is 220 g/mol. The first kappa shape index (κ1) is 11.7. The smallest absolute Gasteiger partial charge is 0.228 e. The van der Waals surface area contributed by atoms with Gasteiger partial charge in [0.25, 0.3) is 0 Å². The average Bonchev–Trinajstić information content (AvgIpc) is 2.95. The molecule has 7 nitrogen and oxygen atoms in total. The average molecular weight is 236 g/mol. The van der Waals surface area contributed by atoms with Crippen molar-refractivity contribution in [3.8, 4) is 11.5 Å². The summed E-state index contributed by atoms with van der Waals surface area (Å²) in [6.45, 7) is 5.22. The second-order valence-electron chi connectivity index (χ2n) is 3.93. The maximum Gasteiger partial charge on any atom is 0.228 e. The number of nitrogens with one attached hydrogen (secondary N) is 2. The molecule has 2 rings (SSSR count). The first-order valence-electron chi connectivity index (χ1n) is 5.71. The number of hydrogen-bond acceptors (Lipinski definition) is 6. The van der Waals surface area contributed by atoms with Crippen molar-refractivity contribution in [1.82, 2.24) is 30.9 Å². The highest BCUT2D eigenvalue weighted by molar-refractivity contribution is 5.44. The molecule has 0 saturated carbocycles.